The SMILES string of the molecule is CC(C(=O)Nc1ccc(F)cc1)N1C(=O)C(C)(C)Oc2ccc([N+](=O)[O-])nc21. The van der Waals surface area contributed by atoms with Crippen molar-refractivity contribution in [2.24, 2.45) is 0 Å². The number of carbonyl (C=O) groups excluding carboxylic acids is 2. The predicted octanol–water partition coefficient (Wildman–Crippen LogP) is 2.66. The Morgan fingerprint density at radius 3 is 2.54 bits per heavy atom. The van der Waals surface area contributed by atoms with E-state index >= 15 is 0 Å². The Morgan fingerprint density at radius 2 is 1.93 bits per heavy atom. The molecule has 2 amide bonds. The number of carbonyl (C=O) groups is 2. The molecule has 9 nitrogen and oxygen atoms in total. The molecule has 28 heavy (non-hydrogen) atoms. The third-order valence-electron chi connectivity index (χ3n) is 4.22. The second-order valence-corrected chi connectivity index (χ2v) is 6.71. The van der Waals surface area contributed by atoms with Gasteiger partial charge in [0, 0.05) is 11.8 Å². The summed E-state index contributed by atoms with van der Waals surface area (Å²) >= 11 is 0. The van der Waals surface area contributed by atoms with Crippen LogP contribution in [0.5, 0.6) is 5.75 Å². The Kier molecular flexibility index (Phi) is 4.72. The molecule has 2 heterocycles. The maximum Gasteiger partial charge on any atom is 0.366 e. The highest BCUT2D eigenvalue weighted by Gasteiger charge is 2.47. The van der Waals surface area contributed by atoms with E-state index < -0.39 is 40.0 Å². The van der Waals surface area contributed by atoms with Crippen molar-refractivity contribution >= 4 is 29.1 Å². The van der Waals surface area contributed by atoms with Crippen molar-refractivity contribution in [1.29, 1.82) is 0 Å². The number of nitrogens with one attached hydrogen (secondary N) is 1. The quantitative estimate of drug-likeness (QED) is 0.636. The van der Waals surface area contributed by atoms with E-state index in [2.05, 4.69) is 10.3 Å². The van der Waals surface area contributed by atoms with Crippen molar-refractivity contribution < 1.29 is 23.6 Å². The minimum Gasteiger partial charge on any atom is -0.472 e. The molecule has 0 fully saturated rings. The number of aromatic nitrogens is 1. The summed E-state index contributed by atoms with van der Waals surface area (Å²) in [5.74, 6) is -2.05. The molecule has 1 unspecified atom stereocenters. The fraction of sp³-hybridized carbons (Fsp3) is 0.278. The van der Waals surface area contributed by atoms with Crippen LogP contribution in [0.4, 0.5) is 21.7 Å². The van der Waals surface area contributed by atoms with Crippen LogP contribution >= 0.6 is 0 Å². The normalized spacial score (nSPS) is 16.0. The number of halogens is 1. The Balaban J connectivity index is 1.97. The third-order valence-corrected chi connectivity index (χ3v) is 4.22. The smallest absolute Gasteiger partial charge is 0.366 e. The van der Waals surface area contributed by atoms with Crippen LogP contribution in [-0.4, -0.2) is 33.4 Å². The molecule has 1 aliphatic rings. The summed E-state index contributed by atoms with van der Waals surface area (Å²) < 4.78 is 18.6. The average molecular weight is 388 g/mol. The first-order chi connectivity index (χ1) is 13.1. The Morgan fingerprint density at radius 1 is 1.29 bits per heavy atom. The van der Waals surface area contributed by atoms with Gasteiger partial charge in [-0.1, -0.05) is 0 Å². The van der Waals surface area contributed by atoms with Crippen LogP contribution in [0.1, 0.15) is 20.8 Å². The molecule has 0 radical (unpaired) electrons. The van der Waals surface area contributed by atoms with Gasteiger partial charge in [-0.2, -0.15) is 0 Å². The number of ether oxygens (including phenoxy) is 1. The van der Waals surface area contributed by atoms with Gasteiger partial charge in [-0.05, 0) is 61.0 Å². The maximum atomic E-state index is 13.0. The Bertz CT molecular complexity index is 961. The molecule has 1 N–H and O–H groups in total. The van der Waals surface area contributed by atoms with Gasteiger partial charge in [-0.15, -0.1) is 0 Å². The number of pyridine rings is 1. The van der Waals surface area contributed by atoms with Crippen LogP contribution in [0, 0.1) is 15.9 Å². The number of hydrogen-bond donors (Lipinski definition) is 1. The van der Waals surface area contributed by atoms with Crippen molar-refractivity contribution in [1.82, 2.24) is 4.98 Å². The maximum absolute atomic E-state index is 13.0. The molecular weight excluding hydrogens is 371 g/mol. The molecule has 1 aliphatic heterocycles. The Hall–Kier alpha value is -3.56. The minimum absolute atomic E-state index is 0.111. The molecule has 10 heteroatoms. The Labute approximate surface area is 159 Å². The van der Waals surface area contributed by atoms with Gasteiger partial charge in [0.1, 0.15) is 11.9 Å². The molecule has 0 saturated heterocycles. The summed E-state index contributed by atoms with van der Waals surface area (Å²) in [6.45, 7) is 4.51. The van der Waals surface area contributed by atoms with Gasteiger partial charge in [-0.3, -0.25) is 14.5 Å². The number of benzene rings is 1. The number of nitro groups is 1. The lowest BCUT2D eigenvalue weighted by Gasteiger charge is -2.38. The van der Waals surface area contributed by atoms with E-state index in [1.54, 1.807) is 0 Å². The van der Waals surface area contributed by atoms with E-state index in [0.29, 0.717) is 5.69 Å². The second kappa shape index (κ2) is 6.87. The average Bonchev–Trinajstić information content (AvgIpc) is 2.63. The van der Waals surface area contributed by atoms with Crippen molar-refractivity contribution in [2.75, 3.05) is 10.2 Å². The zero-order chi connectivity index (χ0) is 20.6. The molecule has 146 valence electrons. The number of anilines is 2. The number of rotatable bonds is 4. The first kappa shape index (κ1) is 19.2. The number of amides is 2. The van der Waals surface area contributed by atoms with E-state index in [1.807, 2.05) is 0 Å². The summed E-state index contributed by atoms with van der Waals surface area (Å²) in [6, 6.07) is 6.56. The van der Waals surface area contributed by atoms with Crippen LogP contribution in [-0.2, 0) is 9.59 Å². The highest BCUT2D eigenvalue weighted by Crippen LogP contribution is 2.38. The lowest BCUT2D eigenvalue weighted by molar-refractivity contribution is -0.389. The van der Waals surface area contributed by atoms with E-state index in [0.717, 1.165) is 11.0 Å². The van der Waals surface area contributed by atoms with E-state index in [-0.39, 0.29) is 11.6 Å². The summed E-state index contributed by atoms with van der Waals surface area (Å²) in [5, 5.41) is 13.6. The molecule has 2 aromatic rings. The van der Waals surface area contributed by atoms with Gasteiger partial charge in [-0.25, -0.2) is 4.39 Å². The number of hydrogen-bond acceptors (Lipinski definition) is 6. The van der Waals surface area contributed by atoms with Gasteiger partial charge in [0.25, 0.3) is 11.7 Å². The first-order valence-electron chi connectivity index (χ1n) is 8.34. The van der Waals surface area contributed by atoms with Crippen LogP contribution in [0.2, 0.25) is 0 Å². The van der Waals surface area contributed by atoms with Crippen LogP contribution in [0.15, 0.2) is 36.4 Å². The second-order valence-electron chi connectivity index (χ2n) is 6.71. The summed E-state index contributed by atoms with van der Waals surface area (Å²) in [7, 11) is 0. The predicted molar refractivity (Wildman–Crippen MR) is 97.6 cm³/mol. The van der Waals surface area contributed by atoms with Gasteiger partial charge in [0.15, 0.2) is 11.4 Å². The fourth-order valence-electron chi connectivity index (χ4n) is 2.74. The highest BCUT2D eigenvalue weighted by molar-refractivity contribution is 6.08. The van der Waals surface area contributed by atoms with Gasteiger partial charge >= 0.3 is 5.82 Å². The van der Waals surface area contributed by atoms with E-state index in [4.69, 9.17) is 4.74 Å². The summed E-state index contributed by atoms with van der Waals surface area (Å²) in [6.07, 6.45) is 0. The van der Waals surface area contributed by atoms with Crippen molar-refractivity contribution in [3.05, 3.63) is 52.3 Å². The lowest BCUT2D eigenvalue weighted by atomic mass is 10.0. The standard InChI is InChI=1S/C18H17FN4O5/c1-10(16(24)20-12-6-4-11(19)5-7-12)22-15-13(28-18(2,3)17(22)25)8-9-14(21-15)23(26)27/h4-10H,1-3H3,(H,20,24). The van der Waals surface area contributed by atoms with Crippen LogP contribution < -0.4 is 15.0 Å². The van der Waals surface area contributed by atoms with Gasteiger partial charge in [0.2, 0.25) is 5.91 Å². The molecule has 1 atom stereocenters. The summed E-state index contributed by atoms with van der Waals surface area (Å²) in [4.78, 5) is 40.9. The van der Waals surface area contributed by atoms with Crippen molar-refractivity contribution in [3.63, 3.8) is 0 Å². The zero-order valence-electron chi connectivity index (χ0n) is 15.3. The number of fused-ring (bicyclic) bond motifs is 1. The van der Waals surface area contributed by atoms with Crippen LogP contribution in [0.3, 0.4) is 0 Å². The molecule has 0 bridgehead atoms. The molecule has 0 spiro atoms. The first-order valence-corrected chi connectivity index (χ1v) is 8.34. The van der Waals surface area contributed by atoms with Crippen molar-refractivity contribution in [3.8, 4) is 5.75 Å². The largest absolute Gasteiger partial charge is 0.472 e. The van der Waals surface area contributed by atoms with Gasteiger partial charge < -0.3 is 20.2 Å². The molecule has 1 aromatic heterocycles. The third kappa shape index (κ3) is 3.48. The lowest BCUT2D eigenvalue weighted by Crippen LogP contribution is -2.58. The molecule has 0 aliphatic carbocycles. The highest BCUT2D eigenvalue weighted by atomic mass is 19.1. The summed E-state index contributed by atoms with van der Waals surface area (Å²) in [5.41, 5.74) is -0.958. The zero-order valence-corrected chi connectivity index (χ0v) is 15.3. The molecule has 0 saturated carbocycles. The topological polar surface area (TPSA) is 115 Å². The van der Waals surface area contributed by atoms with Crippen molar-refractivity contribution in [2.45, 2.75) is 32.4 Å². The molecule has 3 rings (SSSR count). The molecular formula is C18H17FN4O5. The minimum atomic E-state index is -1.30. The molecule has 1 aromatic carbocycles. The van der Waals surface area contributed by atoms with E-state index in [1.165, 1.54) is 51.1 Å². The van der Waals surface area contributed by atoms with Crippen LogP contribution in [0.25, 0.3) is 0 Å². The fourth-order valence-corrected chi connectivity index (χ4v) is 2.74. The monoisotopic (exact) mass is 388 g/mol. The van der Waals surface area contributed by atoms with E-state index in [9.17, 15) is 24.1 Å². The van der Waals surface area contributed by atoms with Gasteiger partial charge in [0.05, 0.1) is 0 Å². The number of nitrogens with zero attached hydrogens (tertiary/aromatic N) is 3.